The third-order valence-corrected chi connectivity index (χ3v) is 3.33. The van der Waals surface area contributed by atoms with Crippen molar-refractivity contribution >= 4 is 39.9 Å². The first kappa shape index (κ1) is 13.4. The van der Waals surface area contributed by atoms with Gasteiger partial charge in [-0.05, 0) is 31.0 Å². The molecule has 1 aromatic heterocycles. The van der Waals surface area contributed by atoms with Crippen molar-refractivity contribution < 1.29 is 4.39 Å². The Morgan fingerprint density at radius 1 is 1.33 bits per heavy atom. The van der Waals surface area contributed by atoms with Crippen molar-refractivity contribution in [3.05, 3.63) is 33.6 Å². The summed E-state index contributed by atoms with van der Waals surface area (Å²) in [5, 5.41) is 3.81. The number of benzene rings is 1. The average Bonchev–Trinajstić information content (AvgIpc) is 2.35. The molecule has 1 heterocycles. The Morgan fingerprint density at radius 3 is 2.72 bits per heavy atom. The highest BCUT2D eigenvalue weighted by Gasteiger charge is 2.13. The molecule has 2 nitrogen and oxygen atoms in total. The van der Waals surface area contributed by atoms with E-state index >= 15 is 0 Å². The fourth-order valence-corrected chi connectivity index (χ4v) is 2.24. The van der Waals surface area contributed by atoms with Crippen LogP contribution in [0.3, 0.4) is 0 Å². The first-order valence-electron chi connectivity index (χ1n) is 5.73. The zero-order chi connectivity index (χ0) is 13.3. The van der Waals surface area contributed by atoms with Crippen molar-refractivity contribution in [1.29, 1.82) is 0 Å². The molecule has 1 aromatic carbocycles. The van der Waals surface area contributed by atoms with Gasteiger partial charge in [0.25, 0.3) is 0 Å². The second-order valence-electron chi connectivity index (χ2n) is 4.13. The Balaban J connectivity index is 2.61. The maximum absolute atomic E-state index is 13.6. The number of nitrogens with zero attached hydrogens (tertiary/aromatic N) is 1. The molecule has 0 amide bonds. The molecule has 2 rings (SSSR count). The molecule has 0 radical (unpaired) electrons. The van der Waals surface area contributed by atoms with Crippen molar-refractivity contribution in [3.63, 3.8) is 0 Å². The van der Waals surface area contributed by atoms with Gasteiger partial charge in [-0.3, -0.25) is 0 Å². The Hall–Kier alpha value is -1.06. The first-order chi connectivity index (χ1) is 8.54. The van der Waals surface area contributed by atoms with Crippen molar-refractivity contribution in [2.24, 2.45) is 0 Å². The summed E-state index contributed by atoms with van der Waals surface area (Å²) >= 11 is 11.7. The van der Waals surface area contributed by atoms with Crippen LogP contribution >= 0.6 is 23.2 Å². The van der Waals surface area contributed by atoms with Gasteiger partial charge in [-0.15, -0.1) is 0 Å². The molecule has 0 aliphatic carbocycles. The molecule has 0 spiro atoms. The number of rotatable bonds is 3. The number of nitrogens with one attached hydrogen (secondary N) is 1. The normalized spacial score (nSPS) is 10.9. The third-order valence-electron chi connectivity index (χ3n) is 2.69. The van der Waals surface area contributed by atoms with Crippen LogP contribution in [0.25, 0.3) is 10.9 Å². The van der Waals surface area contributed by atoms with Crippen LogP contribution in [0.4, 0.5) is 10.2 Å². The van der Waals surface area contributed by atoms with Crippen LogP contribution in [-0.2, 0) is 0 Å². The Bertz CT molecular complexity index is 599. The number of pyridine rings is 1. The van der Waals surface area contributed by atoms with Crippen LogP contribution in [0.15, 0.2) is 12.1 Å². The number of aryl methyl sites for hydroxylation is 1. The summed E-state index contributed by atoms with van der Waals surface area (Å²) in [4.78, 5) is 4.43. The molecule has 0 saturated carbocycles. The second kappa shape index (κ2) is 5.29. The predicted molar refractivity (Wildman–Crippen MR) is 75.2 cm³/mol. The van der Waals surface area contributed by atoms with Crippen LogP contribution in [0.5, 0.6) is 0 Å². The molecule has 0 unspecified atom stereocenters. The summed E-state index contributed by atoms with van der Waals surface area (Å²) in [6, 6.07) is 3.32. The summed E-state index contributed by atoms with van der Waals surface area (Å²) < 4.78 is 13.6. The molecule has 0 bridgehead atoms. The van der Waals surface area contributed by atoms with E-state index in [0.29, 0.717) is 10.9 Å². The molecule has 0 aliphatic rings. The number of hydrogen-bond acceptors (Lipinski definition) is 2. The lowest BCUT2D eigenvalue weighted by Crippen LogP contribution is -2.04. The van der Waals surface area contributed by atoms with Gasteiger partial charge >= 0.3 is 0 Å². The predicted octanol–water partition coefficient (Wildman–Crippen LogP) is 4.81. The van der Waals surface area contributed by atoms with Gasteiger partial charge in [-0.25, -0.2) is 9.37 Å². The number of hydrogen-bond donors (Lipinski definition) is 1. The standard InChI is InChI=1S/C13H13Cl2FN2/c1-3-4-17-13-7(2)5-8-10(18-13)6-9(14)12(16)11(8)15/h5-6H,3-4H2,1-2H3,(H,17,18). The van der Waals surface area contributed by atoms with Crippen molar-refractivity contribution in [2.75, 3.05) is 11.9 Å². The van der Waals surface area contributed by atoms with E-state index in [0.717, 1.165) is 24.3 Å². The minimum absolute atomic E-state index is 0.00899. The van der Waals surface area contributed by atoms with Gasteiger partial charge in [-0.2, -0.15) is 0 Å². The summed E-state index contributed by atoms with van der Waals surface area (Å²) in [5.41, 5.74) is 1.52. The van der Waals surface area contributed by atoms with E-state index in [4.69, 9.17) is 23.2 Å². The molecular formula is C13H13Cl2FN2. The van der Waals surface area contributed by atoms with Crippen molar-refractivity contribution in [3.8, 4) is 0 Å². The van der Waals surface area contributed by atoms with E-state index in [9.17, 15) is 4.39 Å². The van der Waals surface area contributed by atoms with Gasteiger partial charge in [0.1, 0.15) is 5.82 Å². The number of fused-ring (bicyclic) bond motifs is 1. The zero-order valence-corrected chi connectivity index (χ0v) is 11.7. The van der Waals surface area contributed by atoms with E-state index in [-0.39, 0.29) is 10.0 Å². The van der Waals surface area contributed by atoms with Gasteiger partial charge in [0.15, 0.2) is 5.82 Å². The van der Waals surface area contributed by atoms with Crippen LogP contribution in [0, 0.1) is 12.7 Å². The summed E-state index contributed by atoms with van der Waals surface area (Å²) in [7, 11) is 0. The fraction of sp³-hybridized carbons (Fsp3) is 0.308. The topological polar surface area (TPSA) is 24.9 Å². The van der Waals surface area contributed by atoms with Crippen molar-refractivity contribution in [1.82, 2.24) is 4.98 Å². The average molecular weight is 287 g/mol. The molecule has 2 aromatic rings. The Kier molecular flexibility index (Phi) is 3.93. The third kappa shape index (κ3) is 2.38. The Labute approximate surface area is 115 Å². The molecule has 1 N–H and O–H groups in total. The first-order valence-corrected chi connectivity index (χ1v) is 6.49. The minimum atomic E-state index is -0.596. The minimum Gasteiger partial charge on any atom is -0.370 e. The molecule has 5 heteroatoms. The van der Waals surface area contributed by atoms with Gasteiger partial charge in [0.05, 0.1) is 15.6 Å². The smallest absolute Gasteiger partial charge is 0.161 e. The number of anilines is 1. The van der Waals surface area contributed by atoms with Crippen molar-refractivity contribution in [2.45, 2.75) is 20.3 Å². The highest BCUT2D eigenvalue weighted by atomic mass is 35.5. The van der Waals surface area contributed by atoms with Crippen LogP contribution in [0.1, 0.15) is 18.9 Å². The van der Waals surface area contributed by atoms with Crippen LogP contribution in [-0.4, -0.2) is 11.5 Å². The van der Waals surface area contributed by atoms with Gasteiger partial charge in [-0.1, -0.05) is 30.1 Å². The second-order valence-corrected chi connectivity index (χ2v) is 4.92. The fourth-order valence-electron chi connectivity index (χ4n) is 1.74. The lowest BCUT2D eigenvalue weighted by atomic mass is 10.1. The van der Waals surface area contributed by atoms with E-state index in [1.807, 2.05) is 13.0 Å². The summed E-state index contributed by atoms with van der Waals surface area (Å²) in [5.74, 6) is 0.185. The maximum Gasteiger partial charge on any atom is 0.161 e. The van der Waals surface area contributed by atoms with E-state index in [2.05, 4.69) is 17.2 Å². The SMILES string of the molecule is CCCNc1nc2cc(Cl)c(F)c(Cl)c2cc1C. The van der Waals surface area contributed by atoms with Gasteiger partial charge < -0.3 is 5.32 Å². The zero-order valence-electron chi connectivity index (χ0n) is 10.2. The van der Waals surface area contributed by atoms with Gasteiger partial charge in [0, 0.05) is 11.9 Å². The highest BCUT2D eigenvalue weighted by molar-refractivity contribution is 6.38. The van der Waals surface area contributed by atoms with E-state index < -0.39 is 5.82 Å². The van der Waals surface area contributed by atoms with Crippen LogP contribution in [0.2, 0.25) is 10.0 Å². The lowest BCUT2D eigenvalue weighted by molar-refractivity contribution is 0.630. The molecule has 18 heavy (non-hydrogen) atoms. The summed E-state index contributed by atoms with van der Waals surface area (Å²) in [6.45, 7) is 4.82. The highest BCUT2D eigenvalue weighted by Crippen LogP contribution is 2.32. The maximum atomic E-state index is 13.6. The molecule has 0 saturated heterocycles. The summed E-state index contributed by atoms with van der Waals surface area (Å²) in [6.07, 6.45) is 1.00. The number of halogens is 3. The molecule has 0 aliphatic heterocycles. The lowest BCUT2D eigenvalue weighted by Gasteiger charge is -2.10. The Morgan fingerprint density at radius 2 is 2.06 bits per heavy atom. The quantitative estimate of drug-likeness (QED) is 0.819. The van der Waals surface area contributed by atoms with E-state index in [1.54, 1.807) is 0 Å². The molecule has 96 valence electrons. The monoisotopic (exact) mass is 286 g/mol. The molecule has 0 fully saturated rings. The largest absolute Gasteiger partial charge is 0.370 e. The molecular weight excluding hydrogens is 274 g/mol. The van der Waals surface area contributed by atoms with Crippen LogP contribution < -0.4 is 5.32 Å². The van der Waals surface area contributed by atoms with Gasteiger partial charge in [0.2, 0.25) is 0 Å². The number of aromatic nitrogens is 1. The van der Waals surface area contributed by atoms with E-state index in [1.165, 1.54) is 6.07 Å². The molecule has 0 atom stereocenters.